The number of hydrogen-bond acceptors (Lipinski definition) is 3. The molecule has 0 fully saturated rings. The average Bonchev–Trinajstić information content (AvgIpc) is 3.35. The SMILES string of the molecule is C1=Cc2c(c3c4ccccc4nc(-c4cccc(C5C=Cc6ccc7cc(-c8ccc9ccc%10ccc(-c%11ccccc%11)nc%10c9n8)ccc7c6C5)c4)c3c3ccccc23)CC1. The highest BCUT2D eigenvalue weighted by atomic mass is 14.8. The molecular weight excluding hydrogens is 751 g/mol. The van der Waals surface area contributed by atoms with Gasteiger partial charge in [0.1, 0.15) is 0 Å². The van der Waals surface area contributed by atoms with Crippen LogP contribution in [-0.4, -0.2) is 15.0 Å². The minimum Gasteiger partial charge on any atom is -0.247 e. The minimum atomic E-state index is 0.234. The number of allylic oxidation sites excluding steroid dienone is 2. The molecular formula is C59H39N3. The van der Waals surface area contributed by atoms with E-state index in [2.05, 4.69) is 188 Å². The number of fused-ring (bicyclic) bond motifs is 14. The molecule has 11 aromatic rings. The Morgan fingerprint density at radius 3 is 2.00 bits per heavy atom. The molecule has 3 aromatic heterocycles. The van der Waals surface area contributed by atoms with E-state index in [9.17, 15) is 0 Å². The van der Waals surface area contributed by atoms with Crippen molar-refractivity contribution in [2.75, 3.05) is 0 Å². The van der Waals surface area contributed by atoms with Crippen molar-refractivity contribution in [1.29, 1.82) is 0 Å². The normalized spacial score (nSPS) is 14.6. The molecule has 3 heteroatoms. The van der Waals surface area contributed by atoms with Crippen LogP contribution in [0.2, 0.25) is 0 Å². The second-order valence-electron chi connectivity index (χ2n) is 16.9. The van der Waals surface area contributed by atoms with Crippen LogP contribution < -0.4 is 0 Å². The summed E-state index contributed by atoms with van der Waals surface area (Å²) >= 11 is 0. The van der Waals surface area contributed by atoms with E-state index in [4.69, 9.17) is 15.0 Å². The lowest BCUT2D eigenvalue weighted by atomic mass is 9.81. The molecule has 8 aromatic carbocycles. The molecule has 3 heterocycles. The predicted molar refractivity (Wildman–Crippen MR) is 260 cm³/mol. The summed E-state index contributed by atoms with van der Waals surface area (Å²) in [5, 5.41) is 11.1. The summed E-state index contributed by atoms with van der Waals surface area (Å²) < 4.78 is 0. The van der Waals surface area contributed by atoms with Crippen molar-refractivity contribution in [3.8, 4) is 33.8 Å². The van der Waals surface area contributed by atoms with Crippen molar-refractivity contribution < 1.29 is 0 Å². The van der Waals surface area contributed by atoms with Crippen molar-refractivity contribution in [3.05, 3.63) is 210 Å². The Morgan fingerprint density at radius 1 is 0.452 bits per heavy atom. The second-order valence-corrected chi connectivity index (χ2v) is 16.9. The fourth-order valence-corrected chi connectivity index (χ4v) is 10.4. The number of aromatic nitrogens is 3. The number of rotatable bonds is 4. The molecule has 0 saturated heterocycles. The summed E-state index contributed by atoms with van der Waals surface area (Å²) in [7, 11) is 0. The van der Waals surface area contributed by atoms with Gasteiger partial charge in [-0.1, -0.05) is 164 Å². The third-order valence-electron chi connectivity index (χ3n) is 13.4. The maximum atomic E-state index is 5.47. The molecule has 0 radical (unpaired) electrons. The van der Waals surface area contributed by atoms with E-state index in [0.717, 1.165) is 74.8 Å². The number of nitrogens with zero attached hydrogens (tertiary/aromatic N) is 3. The summed E-state index contributed by atoms with van der Waals surface area (Å²) in [5.41, 5.74) is 16.0. The van der Waals surface area contributed by atoms with E-state index in [-0.39, 0.29) is 5.92 Å². The van der Waals surface area contributed by atoms with Crippen LogP contribution in [0.3, 0.4) is 0 Å². The van der Waals surface area contributed by atoms with Crippen LogP contribution in [0.25, 0.3) is 111 Å². The van der Waals surface area contributed by atoms with Crippen molar-refractivity contribution in [2.24, 2.45) is 0 Å². The van der Waals surface area contributed by atoms with Gasteiger partial charge in [-0.05, 0) is 104 Å². The van der Waals surface area contributed by atoms with Crippen molar-refractivity contribution in [2.45, 2.75) is 25.2 Å². The molecule has 0 N–H and O–H groups in total. The largest absolute Gasteiger partial charge is 0.247 e. The van der Waals surface area contributed by atoms with Crippen LogP contribution in [-0.2, 0) is 12.8 Å². The Morgan fingerprint density at radius 2 is 1.16 bits per heavy atom. The molecule has 0 spiro atoms. The van der Waals surface area contributed by atoms with Gasteiger partial charge in [0.25, 0.3) is 0 Å². The van der Waals surface area contributed by atoms with Crippen molar-refractivity contribution in [1.82, 2.24) is 15.0 Å². The topological polar surface area (TPSA) is 38.7 Å². The second kappa shape index (κ2) is 13.9. The number of pyridine rings is 3. The third kappa shape index (κ3) is 5.55. The zero-order valence-corrected chi connectivity index (χ0v) is 34.0. The number of hydrogen-bond donors (Lipinski definition) is 0. The van der Waals surface area contributed by atoms with Crippen LogP contribution in [0.15, 0.2) is 182 Å². The van der Waals surface area contributed by atoms with Gasteiger partial charge in [0, 0.05) is 44.2 Å². The molecule has 0 saturated carbocycles. The number of para-hydroxylation sites is 1. The van der Waals surface area contributed by atoms with Crippen LogP contribution in [0.5, 0.6) is 0 Å². The quantitative estimate of drug-likeness (QED) is 0.167. The highest BCUT2D eigenvalue weighted by Gasteiger charge is 2.23. The van der Waals surface area contributed by atoms with Crippen molar-refractivity contribution >= 4 is 77.2 Å². The Hall–Kier alpha value is -7.75. The van der Waals surface area contributed by atoms with E-state index < -0.39 is 0 Å². The zero-order valence-electron chi connectivity index (χ0n) is 34.0. The monoisotopic (exact) mass is 789 g/mol. The molecule has 2 aliphatic carbocycles. The molecule has 1 atom stereocenters. The molecule has 0 aliphatic heterocycles. The van der Waals surface area contributed by atoms with Gasteiger partial charge in [0.15, 0.2) is 0 Å². The summed E-state index contributed by atoms with van der Waals surface area (Å²) in [6, 6.07) is 61.5. The summed E-state index contributed by atoms with van der Waals surface area (Å²) in [4.78, 5) is 15.9. The average molecular weight is 790 g/mol. The first-order valence-electron chi connectivity index (χ1n) is 21.7. The first-order valence-corrected chi connectivity index (χ1v) is 21.7. The Balaban J connectivity index is 0.883. The molecule has 13 rings (SSSR count). The van der Waals surface area contributed by atoms with E-state index in [0.29, 0.717) is 0 Å². The predicted octanol–water partition coefficient (Wildman–Crippen LogP) is 15.1. The van der Waals surface area contributed by atoms with Crippen LogP contribution in [0.4, 0.5) is 0 Å². The molecule has 2 aliphatic rings. The fraction of sp³-hybridized carbons (Fsp3) is 0.0678. The molecule has 290 valence electrons. The molecule has 0 bridgehead atoms. The minimum absolute atomic E-state index is 0.234. The number of benzene rings is 8. The summed E-state index contributed by atoms with van der Waals surface area (Å²) in [5.74, 6) is 0.234. The van der Waals surface area contributed by atoms with E-state index in [1.165, 1.54) is 71.1 Å². The fourth-order valence-electron chi connectivity index (χ4n) is 10.4. The maximum absolute atomic E-state index is 5.47. The lowest BCUT2D eigenvalue weighted by Gasteiger charge is -2.23. The van der Waals surface area contributed by atoms with Crippen molar-refractivity contribution in [3.63, 3.8) is 0 Å². The van der Waals surface area contributed by atoms with Gasteiger partial charge in [-0.2, -0.15) is 0 Å². The van der Waals surface area contributed by atoms with Crippen LogP contribution >= 0.6 is 0 Å². The van der Waals surface area contributed by atoms with Gasteiger partial charge in [-0.3, -0.25) is 0 Å². The molecule has 3 nitrogen and oxygen atoms in total. The standard InChI is InChI=1S/C59H39N3/c1-2-11-37(12-3-1)52-31-28-38-23-24-39-29-32-53(61-59(39)58(38)60-52)43-27-30-45-42(34-43)26-22-36-21-25-41(35-51(36)45)40-13-10-14-44(33-40)57-56-49-18-7-5-16-47(49)46-15-4-6-17-48(46)55(56)50-19-8-9-20-54(50)62-57/h1-5,7-16,18-34,41H,6,17,35H2. The molecule has 0 amide bonds. The van der Waals surface area contributed by atoms with Gasteiger partial charge >= 0.3 is 0 Å². The van der Waals surface area contributed by atoms with E-state index >= 15 is 0 Å². The third-order valence-corrected chi connectivity index (χ3v) is 13.4. The Bertz CT molecular complexity index is 3730. The van der Waals surface area contributed by atoms with E-state index in [1.807, 2.05) is 6.07 Å². The Labute approximate surface area is 359 Å². The number of aryl methyl sites for hydroxylation is 1. The van der Waals surface area contributed by atoms with Crippen LogP contribution in [0, 0.1) is 0 Å². The van der Waals surface area contributed by atoms with Gasteiger partial charge in [0.05, 0.1) is 33.6 Å². The smallest absolute Gasteiger partial charge is 0.0972 e. The molecule has 1 unspecified atom stereocenters. The van der Waals surface area contributed by atoms with Gasteiger partial charge in [-0.25, -0.2) is 15.0 Å². The maximum Gasteiger partial charge on any atom is 0.0972 e. The first-order chi connectivity index (χ1) is 30.7. The van der Waals surface area contributed by atoms with Crippen LogP contribution in [0.1, 0.15) is 40.2 Å². The zero-order chi connectivity index (χ0) is 40.7. The van der Waals surface area contributed by atoms with Gasteiger partial charge in [0.2, 0.25) is 0 Å². The summed E-state index contributed by atoms with van der Waals surface area (Å²) in [6.07, 6.45) is 12.4. The highest BCUT2D eigenvalue weighted by Crippen LogP contribution is 2.44. The highest BCUT2D eigenvalue weighted by molar-refractivity contribution is 6.24. The van der Waals surface area contributed by atoms with Gasteiger partial charge < -0.3 is 0 Å². The molecule has 62 heavy (non-hydrogen) atoms. The Kier molecular flexibility index (Phi) is 7.86. The first kappa shape index (κ1) is 35.0. The lowest BCUT2D eigenvalue weighted by Crippen LogP contribution is -2.07. The summed E-state index contributed by atoms with van der Waals surface area (Å²) in [6.45, 7) is 0. The lowest BCUT2D eigenvalue weighted by molar-refractivity contribution is 0.833. The van der Waals surface area contributed by atoms with Gasteiger partial charge in [-0.15, -0.1) is 0 Å². The van der Waals surface area contributed by atoms with E-state index in [1.54, 1.807) is 0 Å².